The smallest absolute Gasteiger partial charge is 0.304 e. The van der Waals surface area contributed by atoms with E-state index in [1.54, 1.807) is 6.07 Å². The summed E-state index contributed by atoms with van der Waals surface area (Å²) < 4.78 is 36.6. The first-order chi connectivity index (χ1) is 12.1. The summed E-state index contributed by atoms with van der Waals surface area (Å²) in [5.74, 6) is -0.494. The van der Waals surface area contributed by atoms with Crippen molar-refractivity contribution in [1.82, 2.24) is 0 Å². The summed E-state index contributed by atoms with van der Waals surface area (Å²) in [4.78, 5) is 12.6. The zero-order chi connectivity index (χ0) is 19.1. The molecule has 1 saturated heterocycles. The molecule has 0 radical (unpaired) electrons. The van der Waals surface area contributed by atoms with Crippen LogP contribution in [0.1, 0.15) is 6.42 Å². The van der Waals surface area contributed by atoms with E-state index >= 15 is 0 Å². The first kappa shape index (κ1) is 18.9. The van der Waals surface area contributed by atoms with Crippen molar-refractivity contribution < 1.29 is 17.7 Å². The lowest BCUT2D eigenvalue weighted by atomic mass is 10.2. The Labute approximate surface area is 158 Å². The minimum atomic E-state index is -3.52. The topological polar surface area (TPSA) is 92.5 Å². The Morgan fingerprint density at radius 2 is 2.15 bits per heavy atom. The van der Waals surface area contributed by atoms with Gasteiger partial charge in [0.1, 0.15) is 10.0 Å². The summed E-state index contributed by atoms with van der Waals surface area (Å²) in [5.41, 5.74) is 0.511. The Balaban J connectivity index is 1.77. The molecular formula is C15H15ClFN3O4S2. The van der Waals surface area contributed by atoms with Crippen LogP contribution in [0.25, 0.3) is 0 Å². The highest BCUT2D eigenvalue weighted by Gasteiger charge is 2.29. The van der Waals surface area contributed by atoms with Gasteiger partial charge >= 0.3 is 5.69 Å². The average Bonchev–Trinajstić information content (AvgIpc) is 3.17. The number of nitro groups is 1. The Bertz CT molecular complexity index is 964. The number of hydrogen-bond acceptors (Lipinski definition) is 7. The highest BCUT2D eigenvalue weighted by molar-refractivity contribution is 7.92. The molecule has 0 spiro atoms. The van der Waals surface area contributed by atoms with Crippen LogP contribution in [-0.4, -0.2) is 38.7 Å². The molecule has 1 unspecified atom stereocenters. The lowest BCUT2D eigenvalue weighted by molar-refractivity contribution is -0.383. The minimum Gasteiger partial charge on any atom is -0.369 e. The van der Waals surface area contributed by atoms with E-state index in [1.165, 1.54) is 12.1 Å². The Kier molecular flexibility index (Phi) is 5.09. The van der Waals surface area contributed by atoms with E-state index in [2.05, 4.69) is 5.32 Å². The van der Waals surface area contributed by atoms with E-state index in [-0.39, 0.29) is 26.0 Å². The van der Waals surface area contributed by atoms with Crippen molar-refractivity contribution in [1.29, 1.82) is 0 Å². The van der Waals surface area contributed by atoms with Crippen LogP contribution in [0.4, 0.5) is 20.8 Å². The fourth-order valence-electron chi connectivity index (χ4n) is 2.76. The number of rotatable bonds is 5. The minimum absolute atomic E-state index is 0.0330. The second kappa shape index (κ2) is 7.01. The molecule has 1 fully saturated rings. The highest BCUT2D eigenvalue weighted by Crippen LogP contribution is 2.38. The summed E-state index contributed by atoms with van der Waals surface area (Å²) in [5, 5.41) is 14.5. The van der Waals surface area contributed by atoms with Gasteiger partial charge in [0.05, 0.1) is 9.95 Å². The van der Waals surface area contributed by atoms with E-state index in [0.29, 0.717) is 19.5 Å². The van der Waals surface area contributed by atoms with Crippen LogP contribution in [0, 0.1) is 15.9 Å². The van der Waals surface area contributed by atoms with Crippen molar-refractivity contribution in [3.63, 3.8) is 0 Å². The molecule has 0 aliphatic carbocycles. The third-order valence-electron chi connectivity index (χ3n) is 4.04. The van der Waals surface area contributed by atoms with Crippen molar-refractivity contribution in [3.05, 3.63) is 45.2 Å². The van der Waals surface area contributed by atoms with Crippen LogP contribution in [0.5, 0.6) is 0 Å². The standard InChI is InChI=1S/C15H15ClFN3O4S2/c1-26(23,24)14-7-13(20(21)22)15(25-14)18-9-4-5-19(8-9)10-2-3-12(17)11(16)6-10/h2-3,6-7,9,18H,4-5,8H2,1H3. The molecule has 1 atom stereocenters. The van der Waals surface area contributed by atoms with E-state index in [4.69, 9.17) is 11.6 Å². The molecule has 1 aliphatic rings. The Hall–Kier alpha value is -1.91. The van der Waals surface area contributed by atoms with Gasteiger partial charge in [0.2, 0.25) is 0 Å². The summed E-state index contributed by atoms with van der Waals surface area (Å²) in [6.07, 6.45) is 1.71. The number of benzene rings is 1. The van der Waals surface area contributed by atoms with Gasteiger partial charge in [-0.05, 0) is 24.6 Å². The second-order valence-corrected chi connectivity index (χ2v) is 9.69. The van der Waals surface area contributed by atoms with Crippen molar-refractivity contribution >= 4 is 49.2 Å². The first-order valence-electron chi connectivity index (χ1n) is 7.60. The Morgan fingerprint density at radius 3 is 2.77 bits per heavy atom. The van der Waals surface area contributed by atoms with E-state index < -0.39 is 20.6 Å². The highest BCUT2D eigenvalue weighted by atomic mass is 35.5. The molecule has 2 heterocycles. The monoisotopic (exact) mass is 419 g/mol. The molecule has 0 bridgehead atoms. The quantitative estimate of drug-likeness (QED) is 0.588. The molecule has 1 aromatic heterocycles. The van der Waals surface area contributed by atoms with E-state index in [1.807, 2.05) is 4.90 Å². The van der Waals surface area contributed by atoms with Crippen LogP contribution < -0.4 is 10.2 Å². The number of sulfone groups is 1. The van der Waals surface area contributed by atoms with Crippen LogP contribution in [0.3, 0.4) is 0 Å². The molecular weight excluding hydrogens is 405 g/mol. The number of thiophene rings is 1. The molecule has 26 heavy (non-hydrogen) atoms. The van der Waals surface area contributed by atoms with Crippen LogP contribution in [-0.2, 0) is 9.84 Å². The Morgan fingerprint density at radius 1 is 1.42 bits per heavy atom. The zero-order valence-corrected chi connectivity index (χ0v) is 16.0. The van der Waals surface area contributed by atoms with Crippen molar-refractivity contribution in [2.24, 2.45) is 0 Å². The van der Waals surface area contributed by atoms with Crippen molar-refractivity contribution in [2.75, 3.05) is 29.6 Å². The molecule has 140 valence electrons. The number of nitrogens with one attached hydrogen (secondary N) is 1. The molecule has 1 aliphatic heterocycles. The molecule has 1 aromatic carbocycles. The average molecular weight is 420 g/mol. The fraction of sp³-hybridized carbons (Fsp3) is 0.333. The summed E-state index contributed by atoms with van der Waals surface area (Å²) >= 11 is 6.67. The van der Waals surface area contributed by atoms with Crippen LogP contribution in [0.15, 0.2) is 28.5 Å². The maximum Gasteiger partial charge on any atom is 0.304 e. The maximum atomic E-state index is 13.3. The van der Waals surface area contributed by atoms with Gasteiger partial charge in [0.25, 0.3) is 0 Å². The largest absolute Gasteiger partial charge is 0.369 e. The lowest BCUT2D eigenvalue weighted by Gasteiger charge is -2.19. The van der Waals surface area contributed by atoms with Crippen molar-refractivity contribution in [3.8, 4) is 0 Å². The number of hydrogen-bond donors (Lipinski definition) is 1. The predicted molar refractivity (Wildman–Crippen MR) is 99.7 cm³/mol. The summed E-state index contributed by atoms with van der Waals surface area (Å²) in [7, 11) is -3.52. The van der Waals surface area contributed by atoms with Crippen molar-refractivity contribution in [2.45, 2.75) is 16.7 Å². The normalized spacial score (nSPS) is 17.5. The molecule has 1 N–H and O–H groups in total. The van der Waals surface area contributed by atoms with E-state index in [0.717, 1.165) is 29.3 Å². The van der Waals surface area contributed by atoms with Gasteiger partial charge in [-0.15, -0.1) is 0 Å². The molecule has 3 rings (SSSR count). The van der Waals surface area contributed by atoms with Gasteiger partial charge < -0.3 is 10.2 Å². The van der Waals surface area contributed by atoms with Crippen LogP contribution in [0.2, 0.25) is 5.02 Å². The van der Waals surface area contributed by atoms with Gasteiger partial charge in [-0.3, -0.25) is 10.1 Å². The summed E-state index contributed by atoms with van der Waals surface area (Å²) in [6, 6.07) is 5.42. The van der Waals surface area contributed by atoms with Gasteiger partial charge in [0.15, 0.2) is 14.8 Å². The fourth-order valence-corrected chi connectivity index (χ4v) is 4.95. The molecule has 7 nitrogen and oxygen atoms in total. The second-order valence-electron chi connectivity index (χ2n) is 5.98. The molecule has 2 aromatic rings. The van der Waals surface area contributed by atoms with Crippen LogP contribution >= 0.6 is 22.9 Å². The third-order valence-corrected chi connectivity index (χ3v) is 7.19. The summed E-state index contributed by atoms with van der Waals surface area (Å²) in [6.45, 7) is 1.20. The molecule has 0 amide bonds. The first-order valence-corrected chi connectivity index (χ1v) is 10.7. The van der Waals surface area contributed by atoms with Gasteiger partial charge in [0, 0.05) is 37.1 Å². The zero-order valence-electron chi connectivity index (χ0n) is 13.6. The SMILES string of the molecule is CS(=O)(=O)c1cc([N+](=O)[O-])c(NC2CCN(c3ccc(F)c(Cl)c3)C2)s1. The van der Waals surface area contributed by atoms with Gasteiger partial charge in [-0.2, -0.15) is 0 Å². The predicted octanol–water partition coefficient (Wildman–Crippen LogP) is 3.54. The third kappa shape index (κ3) is 3.92. The van der Waals surface area contributed by atoms with Gasteiger partial charge in [-0.1, -0.05) is 22.9 Å². The molecule has 0 saturated carbocycles. The number of nitrogens with zero attached hydrogens (tertiary/aromatic N) is 2. The maximum absolute atomic E-state index is 13.3. The lowest BCUT2D eigenvalue weighted by Crippen LogP contribution is -2.25. The molecule has 11 heteroatoms. The van der Waals surface area contributed by atoms with Gasteiger partial charge in [-0.25, -0.2) is 12.8 Å². The number of anilines is 2. The van der Waals surface area contributed by atoms with E-state index in [9.17, 15) is 22.9 Å². The number of halogens is 2.